The van der Waals surface area contributed by atoms with Crippen LogP contribution in [0.5, 0.6) is 0 Å². The van der Waals surface area contributed by atoms with Gasteiger partial charge in [0.15, 0.2) is 0 Å². The van der Waals surface area contributed by atoms with E-state index in [-0.39, 0.29) is 35.7 Å². The van der Waals surface area contributed by atoms with Crippen LogP contribution in [0, 0.1) is 0 Å². The van der Waals surface area contributed by atoms with Crippen LogP contribution in [0.4, 0.5) is 35.7 Å². The zero-order valence-electron chi connectivity index (χ0n) is 19.3. The normalized spacial score (nSPS) is 13.4. The van der Waals surface area contributed by atoms with Gasteiger partial charge in [0.2, 0.25) is 29.5 Å². The molecule has 1 unspecified atom stereocenters. The summed E-state index contributed by atoms with van der Waals surface area (Å²) in [6.45, 7) is 1.54. The Hall–Kier alpha value is -3.42. The van der Waals surface area contributed by atoms with E-state index in [1.165, 1.54) is 49.6 Å². The van der Waals surface area contributed by atoms with Gasteiger partial charge in [0.1, 0.15) is 0 Å². The molecule has 33 heavy (non-hydrogen) atoms. The summed E-state index contributed by atoms with van der Waals surface area (Å²) in [5, 5.41) is 4.85. The Bertz CT molecular complexity index is 910. The third-order valence-corrected chi connectivity index (χ3v) is 4.41. The van der Waals surface area contributed by atoms with Gasteiger partial charge < -0.3 is 31.4 Å². The van der Waals surface area contributed by atoms with Crippen LogP contribution in [0.1, 0.15) is 6.92 Å². The molecule has 0 bridgehead atoms. The standard InChI is InChI=1S/C15H28N12O6/c1-14(28-2,15(29-3,30-4)25-11-20-8(16)19-9(17)21-11)26(31-5)12-22-10(18)23-13(24-12)27(32-6)33-7/h1-7H3,(H2,18,22,23,24)(H5,16,17,19,20,21,25). The Morgan fingerprint density at radius 2 is 1.18 bits per heavy atom. The molecule has 0 aromatic carbocycles. The lowest BCUT2D eigenvalue weighted by Gasteiger charge is -2.48. The molecule has 0 radical (unpaired) electrons. The zero-order valence-corrected chi connectivity index (χ0v) is 19.3. The van der Waals surface area contributed by atoms with E-state index in [2.05, 4.69) is 35.2 Å². The van der Waals surface area contributed by atoms with Crippen molar-refractivity contribution in [3.8, 4) is 0 Å². The second kappa shape index (κ2) is 10.5. The SMILES string of the molecule is CON(OC)c1nc(N)nc(N(OC)C(C)(OC)C(Nc2nc(N)nc(N)n2)(OC)OC)n1. The number of nitrogens with zero attached hydrogens (tertiary/aromatic N) is 8. The number of methoxy groups -OCH3 is 3. The number of nitrogens with two attached hydrogens (primary N) is 3. The zero-order chi connectivity index (χ0) is 24.8. The van der Waals surface area contributed by atoms with Crippen molar-refractivity contribution in [2.45, 2.75) is 18.6 Å². The molecule has 1 atom stereocenters. The van der Waals surface area contributed by atoms with E-state index < -0.39 is 11.6 Å². The maximum atomic E-state index is 5.86. The molecule has 0 amide bonds. The highest BCUT2D eigenvalue weighted by atomic mass is 16.9. The van der Waals surface area contributed by atoms with Gasteiger partial charge >= 0.3 is 5.91 Å². The first-order chi connectivity index (χ1) is 15.6. The molecule has 0 aliphatic heterocycles. The fourth-order valence-corrected chi connectivity index (χ4v) is 2.87. The van der Waals surface area contributed by atoms with Crippen LogP contribution in [0.25, 0.3) is 0 Å². The molecule has 184 valence electrons. The molecule has 18 nitrogen and oxygen atoms in total. The van der Waals surface area contributed by atoms with Crippen molar-refractivity contribution in [3.63, 3.8) is 0 Å². The minimum Gasteiger partial charge on any atom is -0.368 e. The highest BCUT2D eigenvalue weighted by Gasteiger charge is 2.58. The van der Waals surface area contributed by atoms with E-state index >= 15 is 0 Å². The van der Waals surface area contributed by atoms with Crippen molar-refractivity contribution >= 4 is 35.7 Å². The lowest BCUT2D eigenvalue weighted by molar-refractivity contribution is -0.303. The number of aromatic nitrogens is 6. The van der Waals surface area contributed by atoms with Gasteiger partial charge in [-0.3, -0.25) is 10.2 Å². The molecule has 2 aromatic heterocycles. The van der Waals surface area contributed by atoms with E-state index in [0.717, 1.165) is 10.3 Å². The largest absolute Gasteiger partial charge is 0.368 e. The summed E-state index contributed by atoms with van der Waals surface area (Å²) in [5.41, 5.74) is 15.5. The summed E-state index contributed by atoms with van der Waals surface area (Å²) < 4.78 is 17.1. The number of nitrogens with one attached hydrogen (secondary N) is 1. The van der Waals surface area contributed by atoms with Gasteiger partial charge in [-0.15, -0.1) is 0 Å². The molecule has 2 heterocycles. The van der Waals surface area contributed by atoms with Crippen molar-refractivity contribution in [2.24, 2.45) is 0 Å². The van der Waals surface area contributed by atoms with Gasteiger partial charge in [0, 0.05) is 21.3 Å². The first-order valence-corrected chi connectivity index (χ1v) is 9.08. The monoisotopic (exact) mass is 472 g/mol. The molecular formula is C15H28N12O6. The van der Waals surface area contributed by atoms with E-state index in [1.54, 1.807) is 0 Å². The second-order valence-electron chi connectivity index (χ2n) is 6.11. The summed E-state index contributed by atoms with van der Waals surface area (Å²) in [6.07, 6.45) is 0. The number of hydroxylamine groups is 1. The van der Waals surface area contributed by atoms with Gasteiger partial charge in [0.05, 0.1) is 21.3 Å². The van der Waals surface area contributed by atoms with Crippen LogP contribution in [0.3, 0.4) is 0 Å². The van der Waals surface area contributed by atoms with E-state index in [9.17, 15) is 0 Å². The third-order valence-electron chi connectivity index (χ3n) is 4.41. The number of hydrogen-bond acceptors (Lipinski definition) is 18. The fraction of sp³-hybridized carbons (Fsp3) is 0.600. The predicted octanol–water partition coefficient (Wildman–Crippen LogP) is -1.48. The number of anilines is 6. The van der Waals surface area contributed by atoms with Crippen LogP contribution in [-0.2, 0) is 28.7 Å². The first-order valence-electron chi connectivity index (χ1n) is 9.08. The molecule has 0 spiro atoms. The van der Waals surface area contributed by atoms with Crippen molar-refractivity contribution in [1.82, 2.24) is 29.9 Å². The van der Waals surface area contributed by atoms with Gasteiger partial charge in [0.25, 0.3) is 11.9 Å². The summed E-state index contributed by atoms with van der Waals surface area (Å²) in [7, 11) is 8.04. The summed E-state index contributed by atoms with van der Waals surface area (Å²) >= 11 is 0. The Balaban J connectivity index is 2.63. The van der Waals surface area contributed by atoms with E-state index in [4.69, 9.17) is 45.9 Å². The van der Waals surface area contributed by atoms with Crippen LogP contribution in [0.2, 0.25) is 0 Å². The lowest BCUT2D eigenvalue weighted by atomic mass is 10.1. The molecule has 0 saturated heterocycles. The molecule has 7 N–H and O–H groups in total. The average molecular weight is 472 g/mol. The second-order valence-corrected chi connectivity index (χ2v) is 6.11. The van der Waals surface area contributed by atoms with Crippen LogP contribution in [-0.4, -0.2) is 84.2 Å². The van der Waals surface area contributed by atoms with Gasteiger partial charge in [-0.2, -0.15) is 35.0 Å². The van der Waals surface area contributed by atoms with Crippen LogP contribution >= 0.6 is 0 Å². The maximum absolute atomic E-state index is 5.86. The highest BCUT2D eigenvalue weighted by Crippen LogP contribution is 2.36. The summed E-state index contributed by atoms with van der Waals surface area (Å²) in [6, 6.07) is 0. The summed E-state index contributed by atoms with van der Waals surface area (Å²) in [5.74, 6) is -2.62. The molecule has 2 rings (SSSR count). The number of nitrogen functional groups attached to an aromatic ring is 3. The molecule has 18 heteroatoms. The van der Waals surface area contributed by atoms with Gasteiger partial charge in [-0.05, 0) is 6.92 Å². The van der Waals surface area contributed by atoms with Crippen molar-refractivity contribution in [1.29, 1.82) is 0 Å². The number of ether oxygens (including phenoxy) is 3. The van der Waals surface area contributed by atoms with Crippen molar-refractivity contribution < 1.29 is 28.7 Å². The van der Waals surface area contributed by atoms with E-state index in [1.807, 2.05) is 0 Å². The Morgan fingerprint density at radius 1 is 0.667 bits per heavy atom. The molecule has 0 aliphatic carbocycles. The molecular weight excluding hydrogens is 444 g/mol. The van der Waals surface area contributed by atoms with E-state index in [0.29, 0.717) is 0 Å². The van der Waals surface area contributed by atoms with Crippen LogP contribution in [0.15, 0.2) is 0 Å². The maximum Gasteiger partial charge on any atom is 0.303 e. The lowest BCUT2D eigenvalue weighted by Crippen LogP contribution is -2.69. The third kappa shape index (κ3) is 4.99. The minimum absolute atomic E-state index is 0.0798. The van der Waals surface area contributed by atoms with Crippen LogP contribution < -0.4 is 32.8 Å². The molecule has 0 fully saturated rings. The Kier molecular flexibility index (Phi) is 8.19. The predicted molar refractivity (Wildman–Crippen MR) is 115 cm³/mol. The minimum atomic E-state index is -1.87. The van der Waals surface area contributed by atoms with Crippen molar-refractivity contribution in [2.75, 3.05) is 75.5 Å². The summed E-state index contributed by atoms with van der Waals surface area (Å²) in [4.78, 5) is 39.6. The first kappa shape index (κ1) is 25.8. The Labute approximate surface area is 189 Å². The number of rotatable bonds is 12. The Morgan fingerprint density at radius 3 is 1.64 bits per heavy atom. The molecule has 0 aliphatic rings. The average Bonchev–Trinajstić information content (AvgIpc) is 2.77. The van der Waals surface area contributed by atoms with Gasteiger partial charge in [-0.1, -0.05) is 5.23 Å². The number of hydrogen-bond donors (Lipinski definition) is 4. The fourth-order valence-electron chi connectivity index (χ4n) is 2.87. The molecule has 0 saturated carbocycles. The highest BCUT2D eigenvalue weighted by molar-refractivity contribution is 5.44. The molecule has 2 aromatic rings. The quantitative estimate of drug-likeness (QED) is 0.204. The smallest absolute Gasteiger partial charge is 0.303 e. The topological polar surface area (TPSA) is 229 Å². The van der Waals surface area contributed by atoms with Gasteiger partial charge in [-0.25, -0.2) is 9.68 Å². The van der Waals surface area contributed by atoms with Crippen molar-refractivity contribution in [3.05, 3.63) is 0 Å².